The summed E-state index contributed by atoms with van der Waals surface area (Å²) < 4.78 is 5.76. The molecule has 0 saturated heterocycles. The largest absolute Gasteiger partial charge is 0.494 e. The first-order valence-electron chi connectivity index (χ1n) is 9.26. The van der Waals surface area contributed by atoms with Gasteiger partial charge >= 0.3 is 0 Å². The number of aliphatic hydroxyl groups is 1. The molecule has 0 amide bonds. The van der Waals surface area contributed by atoms with E-state index in [9.17, 15) is 5.11 Å². The molecule has 3 heteroatoms. The van der Waals surface area contributed by atoms with Crippen molar-refractivity contribution in [2.24, 2.45) is 0 Å². The molecule has 0 bridgehead atoms. The first-order chi connectivity index (χ1) is 12.1. The van der Waals surface area contributed by atoms with E-state index in [1.807, 2.05) is 49.5 Å². The molecule has 2 aromatic carbocycles. The van der Waals surface area contributed by atoms with E-state index in [4.69, 9.17) is 4.74 Å². The molecule has 3 nitrogen and oxygen atoms in total. The molecular weight excluding hydrogens is 310 g/mol. The molecule has 0 aromatic heterocycles. The summed E-state index contributed by atoms with van der Waals surface area (Å²) in [6.07, 6.45) is 3.04. The summed E-state index contributed by atoms with van der Waals surface area (Å²) in [6.45, 7) is 5.83. The smallest absolute Gasteiger partial charge is 0.119 e. The van der Waals surface area contributed by atoms with E-state index in [-0.39, 0.29) is 6.04 Å². The van der Waals surface area contributed by atoms with Crippen LogP contribution in [0.2, 0.25) is 0 Å². The minimum absolute atomic E-state index is 0.0346. The van der Waals surface area contributed by atoms with Crippen LogP contribution in [0.1, 0.15) is 50.3 Å². The fourth-order valence-electron chi connectivity index (χ4n) is 2.83. The van der Waals surface area contributed by atoms with Gasteiger partial charge in [0.1, 0.15) is 5.75 Å². The minimum Gasteiger partial charge on any atom is -0.494 e. The summed E-state index contributed by atoms with van der Waals surface area (Å²) in [5, 5.41) is 10.6. The summed E-state index contributed by atoms with van der Waals surface area (Å²) >= 11 is 0. The van der Waals surface area contributed by atoms with Crippen LogP contribution >= 0.6 is 0 Å². The van der Waals surface area contributed by atoms with Crippen LogP contribution in [0.5, 0.6) is 5.75 Å². The highest BCUT2D eigenvalue weighted by Gasteiger charge is 2.20. The third-order valence-electron chi connectivity index (χ3n) is 4.67. The third kappa shape index (κ3) is 6.18. The van der Waals surface area contributed by atoms with Gasteiger partial charge in [0.25, 0.3) is 0 Å². The van der Waals surface area contributed by atoms with Gasteiger partial charge in [-0.3, -0.25) is 4.90 Å². The summed E-state index contributed by atoms with van der Waals surface area (Å²) in [5.74, 6) is 0.930. The molecule has 0 spiro atoms. The molecular formula is C22H31NO2. The standard InChI is InChI=1S/C22H31NO2/c1-4-5-9-16-25-21-14-12-19(13-15-21)17-23(3)18(2)22(24)20-10-7-6-8-11-20/h6-8,10-15,18,22,24H,4-5,9,16-17H2,1-3H3. The maximum Gasteiger partial charge on any atom is 0.119 e. The molecule has 0 radical (unpaired) electrons. The van der Waals surface area contributed by atoms with Crippen molar-refractivity contribution in [1.29, 1.82) is 0 Å². The van der Waals surface area contributed by atoms with Crippen LogP contribution in [0.25, 0.3) is 0 Å². The zero-order chi connectivity index (χ0) is 18.1. The normalized spacial score (nSPS) is 13.6. The molecule has 2 aromatic rings. The summed E-state index contributed by atoms with van der Waals surface area (Å²) in [6, 6.07) is 18.2. The summed E-state index contributed by atoms with van der Waals surface area (Å²) in [4.78, 5) is 2.18. The van der Waals surface area contributed by atoms with E-state index < -0.39 is 6.10 Å². The van der Waals surface area contributed by atoms with Gasteiger partial charge in [-0.25, -0.2) is 0 Å². The van der Waals surface area contributed by atoms with E-state index in [0.717, 1.165) is 30.9 Å². The van der Waals surface area contributed by atoms with Crippen molar-refractivity contribution in [3.05, 3.63) is 65.7 Å². The van der Waals surface area contributed by atoms with Gasteiger partial charge in [0, 0.05) is 12.6 Å². The average Bonchev–Trinajstić information content (AvgIpc) is 2.66. The zero-order valence-corrected chi connectivity index (χ0v) is 15.7. The van der Waals surface area contributed by atoms with Crippen LogP contribution in [0.15, 0.2) is 54.6 Å². The Morgan fingerprint density at radius 1 is 1.00 bits per heavy atom. The molecule has 25 heavy (non-hydrogen) atoms. The molecule has 0 saturated carbocycles. The van der Waals surface area contributed by atoms with Crippen LogP contribution in [0.4, 0.5) is 0 Å². The minimum atomic E-state index is -0.493. The van der Waals surface area contributed by atoms with Crippen molar-refractivity contribution >= 4 is 0 Å². The van der Waals surface area contributed by atoms with Crippen LogP contribution in [0.3, 0.4) is 0 Å². The Kier molecular flexibility index (Phi) is 7.96. The lowest BCUT2D eigenvalue weighted by Gasteiger charge is -2.29. The van der Waals surface area contributed by atoms with Crippen molar-refractivity contribution in [1.82, 2.24) is 4.90 Å². The molecule has 0 heterocycles. The second kappa shape index (κ2) is 10.2. The Bertz CT molecular complexity index is 597. The molecule has 136 valence electrons. The Morgan fingerprint density at radius 2 is 1.68 bits per heavy atom. The lowest BCUT2D eigenvalue weighted by Crippen LogP contribution is -2.33. The van der Waals surface area contributed by atoms with Crippen LogP contribution in [-0.2, 0) is 6.54 Å². The maximum atomic E-state index is 10.6. The monoisotopic (exact) mass is 341 g/mol. The summed E-state index contributed by atoms with van der Waals surface area (Å²) in [5.41, 5.74) is 2.17. The van der Waals surface area contributed by atoms with Gasteiger partial charge in [-0.1, -0.05) is 62.2 Å². The lowest BCUT2D eigenvalue weighted by atomic mass is 10.0. The van der Waals surface area contributed by atoms with Crippen molar-refractivity contribution in [3.8, 4) is 5.75 Å². The SMILES string of the molecule is CCCCCOc1ccc(CN(C)C(C)C(O)c2ccccc2)cc1. The fourth-order valence-corrected chi connectivity index (χ4v) is 2.83. The zero-order valence-electron chi connectivity index (χ0n) is 15.7. The average molecular weight is 341 g/mol. The van der Waals surface area contributed by atoms with Gasteiger partial charge < -0.3 is 9.84 Å². The number of hydrogen-bond donors (Lipinski definition) is 1. The Hall–Kier alpha value is -1.84. The number of ether oxygens (including phenoxy) is 1. The van der Waals surface area contributed by atoms with E-state index in [1.165, 1.54) is 18.4 Å². The van der Waals surface area contributed by atoms with Gasteiger partial charge in [0.05, 0.1) is 12.7 Å². The number of likely N-dealkylation sites (N-methyl/N-ethyl adjacent to an activating group) is 1. The molecule has 1 N–H and O–H groups in total. The fraction of sp³-hybridized carbons (Fsp3) is 0.455. The van der Waals surface area contributed by atoms with E-state index in [0.29, 0.717) is 0 Å². The van der Waals surface area contributed by atoms with Gasteiger partial charge in [0.2, 0.25) is 0 Å². The molecule has 2 atom stereocenters. The van der Waals surface area contributed by atoms with Crippen LogP contribution in [0, 0.1) is 0 Å². The van der Waals surface area contributed by atoms with Gasteiger partial charge in [-0.05, 0) is 43.7 Å². The predicted molar refractivity (Wildman–Crippen MR) is 104 cm³/mol. The number of unbranched alkanes of at least 4 members (excludes halogenated alkanes) is 2. The Labute approximate surface area is 152 Å². The molecule has 2 rings (SSSR count). The maximum absolute atomic E-state index is 10.6. The molecule has 0 fully saturated rings. The van der Waals surface area contributed by atoms with Crippen molar-refractivity contribution in [2.45, 2.75) is 51.8 Å². The highest BCUT2D eigenvalue weighted by molar-refractivity contribution is 5.27. The lowest BCUT2D eigenvalue weighted by molar-refractivity contribution is 0.0688. The first kappa shape index (κ1) is 19.5. The number of benzene rings is 2. The summed E-state index contributed by atoms with van der Waals surface area (Å²) in [7, 11) is 2.05. The Morgan fingerprint density at radius 3 is 2.32 bits per heavy atom. The molecule has 0 aliphatic heterocycles. The predicted octanol–water partition coefficient (Wildman–Crippen LogP) is 4.81. The molecule has 0 aliphatic rings. The second-order valence-corrected chi connectivity index (χ2v) is 6.71. The number of hydrogen-bond acceptors (Lipinski definition) is 3. The molecule has 2 unspecified atom stereocenters. The van der Waals surface area contributed by atoms with E-state index in [2.05, 4.69) is 30.9 Å². The van der Waals surface area contributed by atoms with Crippen LogP contribution in [-0.4, -0.2) is 29.7 Å². The topological polar surface area (TPSA) is 32.7 Å². The highest BCUT2D eigenvalue weighted by atomic mass is 16.5. The van der Waals surface area contributed by atoms with Crippen molar-refractivity contribution < 1.29 is 9.84 Å². The first-order valence-corrected chi connectivity index (χ1v) is 9.26. The van der Waals surface area contributed by atoms with Gasteiger partial charge in [-0.2, -0.15) is 0 Å². The second-order valence-electron chi connectivity index (χ2n) is 6.71. The van der Waals surface area contributed by atoms with Crippen molar-refractivity contribution in [3.63, 3.8) is 0 Å². The Balaban J connectivity index is 1.86. The number of aliphatic hydroxyl groups excluding tert-OH is 1. The van der Waals surface area contributed by atoms with Crippen LogP contribution < -0.4 is 4.74 Å². The van der Waals surface area contributed by atoms with Crippen molar-refractivity contribution in [2.75, 3.05) is 13.7 Å². The van der Waals surface area contributed by atoms with Gasteiger partial charge in [0.15, 0.2) is 0 Å². The van der Waals surface area contributed by atoms with E-state index in [1.54, 1.807) is 0 Å². The number of rotatable bonds is 10. The quantitative estimate of drug-likeness (QED) is 0.630. The van der Waals surface area contributed by atoms with Gasteiger partial charge in [-0.15, -0.1) is 0 Å². The third-order valence-corrected chi connectivity index (χ3v) is 4.67. The number of nitrogens with zero attached hydrogens (tertiary/aromatic N) is 1. The van der Waals surface area contributed by atoms with E-state index >= 15 is 0 Å². The highest BCUT2D eigenvalue weighted by Crippen LogP contribution is 2.22. The molecule has 0 aliphatic carbocycles.